The van der Waals surface area contributed by atoms with Gasteiger partial charge < -0.3 is 9.64 Å². The van der Waals surface area contributed by atoms with Crippen LogP contribution in [0, 0.1) is 0 Å². The Morgan fingerprint density at radius 1 is 1.10 bits per heavy atom. The van der Waals surface area contributed by atoms with Crippen LogP contribution in [-0.2, 0) is 22.3 Å². The first-order chi connectivity index (χ1) is 13.9. The van der Waals surface area contributed by atoms with Crippen LogP contribution in [0.25, 0.3) is 0 Å². The predicted molar refractivity (Wildman–Crippen MR) is 93.8 cm³/mol. The van der Waals surface area contributed by atoms with Crippen LogP contribution < -0.4 is 4.90 Å². The van der Waals surface area contributed by atoms with Crippen LogP contribution in [0.3, 0.4) is 0 Å². The Bertz CT molecular complexity index is 983. The third-order valence-electron chi connectivity index (χ3n) is 4.85. The molecule has 3 rings (SSSR count). The third-order valence-corrected chi connectivity index (χ3v) is 4.85. The number of rotatable bonds is 4. The van der Waals surface area contributed by atoms with E-state index in [-0.39, 0.29) is 22.4 Å². The highest BCUT2D eigenvalue weighted by molar-refractivity contribution is 6.10. The minimum Gasteiger partial charge on any atom is -0.469 e. The smallest absolute Gasteiger partial charge is 0.416 e. The molecule has 0 spiro atoms. The fourth-order valence-corrected chi connectivity index (χ4v) is 3.39. The van der Waals surface area contributed by atoms with E-state index in [0.29, 0.717) is 0 Å². The molecule has 10 heteroatoms. The van der Waals surface area contributed by atoms with Gasteiger partial charge in [0.15, 0.2) is 0 Å². The number of halogens is 6. The van der Waals surface area contributed by atoms with Crippen LogP contribution in [0.2, 0.25) is 0 Å². The molecule has 0 saturated heterocycles. The van der Waals surface area contributed by atoms with Crippen molar-refractivity contribution in [3.8, 4) is 0 Å². The molecule has 30 heavy (non-hydrogen) atoms. The first-order valence-corrected chi connectivity index (χ1v) is 8.68. The molecule has 4 nitrogen and oxygen atoms in total. The molecule has 2 aromatic carbocycles. The lowest BCUT2D eigenvalue weighted by atomic mass is 9.94. The van der Waals surface area contributed by atoms with Crippen LogP contribution in [0.5, 0.6) is 0 Å². The maximum Gasteiger partial charge on any atom is 0.416 e. The summed E-state index contributed by atoms with van der Waals surface area (Å²) in [5.74, 6) is -4.00. The van der Waals surface area contributed by atoms with Crippen LogP contribution in [0.1, 0.15) is 39.4 Å². The van der Waals surface area contributed by atoms with Crippen molar-refractivity contribution in [3.05, 3.63) is 64.7 Å². The zero-order valence-electron chi connectivity index (χ0n) is 15.5. The number of alkyl halides is 6. The number of esters is 1. The van der Waals surface area contributed by atoms with Crippen molar-refractivity contribution in [2.45, 2.75) is 31.2 Å². The Morgan fingerprint density at radius 3 is 2.37 bits per heavy atom. The van der Waals surface area contributed by atoms with Gasteiger partial charge in [-0.2, -0.15) is 26.3 Å². The third kappa shape index (κ3) is 4.12. The molecule has 0 aromatic heterocycles. The number of carbonyl (C=O) groups is 2. The Kier molecular flexibility index (Phi) is 5.53. The summed E-state index contributed by atoms with van der Waals surface area (Å²) in [6, 6.07) is 7.97. The number of nitrogens with zero attached hydrogens (tertiary/aromatic N) is 1. The number of amides is 1. The van der Waals surface area contributed by atoms with Gasteiger partial charge in [0.1, 0.15) is 0 Å². The maximum absolute atomic E-state index is 13.5. The zero-order valence-corrected chi connectivity index (χ0v) is 15.5. The van der Waals surface area contributed by atoms with Gasteiger partial charge in [0.25, 0.3) is 5.91 Å². The second-order valence-corrected chi connectivity index (χ2v) is 6.69. The molecule has 0 N–H and O–H groups in total. The van der Waals surface area contributed by atoms with Crippen molar-refractivity contribution >= 4 is 17.6 Å². The molecule has 1 aliphatic rings. The second kappa shape index (κ2) is 7.66. The second-order valence-electron chi connectivity index (χ2n) is 6.69. The molecule has 0 fully saturated rings. The van der Waals surface area contributed by atoms with E-state index in [2.05, 4.69) is 4.74 Å². The highest BCUT2D eigenvalue weighted by atomic mass is 19.4. The van der Waals surface area contributed by atoms with E-state index in [1.165, 1.54) is 18.2 Å². The van der Waals surface area contributed by atoms with Gasteiger partial charge >= 0.3 is 18.3 Å². The highest BCUT2D eigenvalue weighted by Crippen LogP contribution is 2.41. The molecular weight excluding hydrogens is 416 g/mol. The Hall–Kier alpha value is -3.04. The Balaban J connectivity index is 1.98. The average molecular weight is 431 g/mol. The van der Waals surface area contributed by atoms with Crippen molar-refractivity contribution in [1.82, 2.24) is 0 Å². The van der Waals surface area contributed by atoms with Crippen LogP contribution in [0.15, 0.2) is 42.5 Å². The summed E-state index contributed by atoms with van der Waals surface area (Å²) in [6.45, 7) is -0.430. The first-order valence-electron chi connectivity index (χ1n) is 8.68. The van der Waals surface area contributed by atoms with Crippen LogP contribution in [-0.4, -0.2) is 25.2 Å². The van der Waals surface area contributed by atoms with Gasteiger partial charge in [-0.05, 0) is 35.4 Å². The fraction of sp³-hybridized carbons (Fsp3) is 0.300. The van der Waals surface area contributed by atoms with E-state index in [4.69, 9.17) is 0 Å². The van der Waals surface area contributed by atoms with Gasteiger partial charge in [-0.25, -0.2) is 0 Å². The quantitative estimate of drug-likeness (QED) is 0.502. The van der Waals surface area contributed by atoms with Crippen molar-refractivity contribution in [2.75, 3.05) is 12.0 Å². The van der Waals surface area contributed by atoms with Crippen molar-refractivity contribution in [1.29, 1.82) is 0 Å². The van der Waals surface area contributed by atoms with Crippen molar-refractivity contribution < 1.29 is 40.7 Å². The number of ether oxygens (including phenoxy) is 1. The average Bonchev–Trinajstić information content (AvgIpc) is 3.01. The number of benzene rings is 2. The molecule has 0 saturated carbocycles. The molecule has 1 amide bonds. The zero-order chi connectivity index (χ0) is 22.3. The Labute approximate surface area is 167 Å². The van der Waals surface area contributed by atoms with Gasteiger partial charge in [-0.1, -0.05) is 18.2 Å². The summed E-state index contributed by atoms with van der Waals surface area (Å²) in [5.41, 5.74) is -1.66. The number of anilines is 1. The van der Waals surface area contributed by atoms with E-state index in [0.717, 1.165) is 36.3 Å². The maximum atomic E-state index is 13.5. The van der Waals surface area contributed by atoms with Crippen LogP contribution >= 0.6 is 0 Å². The Morgan fingerprint density at radius 2 is 1.77 bits per heavy atom. The molecule has 1 heterocycles. The van der Waals surface area contributed by atoms with Crippen molar-refractivity contribution in [3.63, 3.8) is 0 Å². The summed E-state index contributed by atoms with van der Waals surface area (Å²) in [7, 11) is 0.963. The molecular formula is C20H15F6NO3. The molecule has 1 unspecified atom stereocenters. The number of methoxy groups -OCH3 is 1. The summed E-state index contributed by atoms with van der Waals surface area (Å²) in [4.78, 5) is 25.0. The lowest BCUT2D eigenvalue weighted by Gasteiger charge is -2.22. The van der Waals surface area contributed by atoms with Gasteiger partial charge in [-0.3, -0.25) is 9.59 Å². The first kappa shape index (κ1) is 21.7. The molecule has 0 aliphatic carbocycles. The van der Waals surface area contributed by atoms with Crippen LogP contribution in [0.4, 0.5) is 32.0 Å². The fourth-order valence-electron chi connectivity index (χ4n) is 3.39. The SMILES string of the molecule is COC(=O)CC(c1cccc(N2Cc3c(cccc3C(F)(F)F)C2=O)c1)C(F)(F)F. The van der Waals surface area contributed by atoms with Gasteiger partial charge in [0.2, 0.25) is 0 Å². The normalized spacial score (nSPS) is 15.2. The van der Waals surface area contributed by atoms with E-state index < -0.39 is 48.7 Å². The number of hydrogen-bond donors (Lipinski definition) is 0. The molecule has 1 atom stereocenters. The highest BCUT2D eigenvalue weighted by Gasteiger charge is 2.43. The number of hydrogen-bond acceptors (Lipinski definition) is 3. The molecule has 160 valence electrons. The van der Waals surface area contributed by atoms with Gasteiger partial charge in [0.05, 0.1) is 31.6 Å². The lowest BCUT2D eigenvalue weighted by molar-refractivity contribution is -0.164. The molecule has 2 aromatic rings. The molecule has 1 aliphatic heterocycles. The summed E-state index contributed by atoms with van der Waals surface area (Å²) >= 11 is 0. The summed E-state index contributed by atoms with van der Waals surface area (Å²) < 4.78 is 84.5. The van der Waals surface area contributed by atoms with E-state index in [1.54, 1.807) is 0 Å². The number of fused-ring (bicyclic) bond motifs is 1. The standard InChI is InChI=1S/C20H15F6NO3/c1-30-17(28)9-16(20(24,25)26)11-4-2-5-12(8-11)27-10-14-13(18(27)29)6-3-7-15(14)19(21,22)23/h2-8,16H,9-10H2,1H3. The minimum atomic E-state index is -4.77. The van der Waals surface area contributed by atoms with E-state index in [9.17, 15) is 35.9 Å². The predicted octanol–water partition coefficient (Wildman–Crippen LogP) is 5.07. The topological polar surface area (TPSA) is 46.6 Å². The van der Waals surface area contributed by atoms with Gasteiger partial charge in [-0.15, -0.1) is 0 Å². The van der Waals surface area contributed by atoms with Gasteiger partial charge in [0, 0.05) is 11.3 Å². The summed E-state index contributed by atoms with van der Waals surface area (Å²) in [6.07, 6.45) is -10.4. The molecule has 0 radical (unpaired) electrons. The monoisotopic (exact) mass is 431 g/mol. The summed E-state index contributed by atoms with van der Waals surface area (Å²) in [5, 5.41) is 0. The van der Waals surface area contributed by atoms with E-state index in [1.807, 2.05) is 0 Å². The van der Waals surface area contributed by atoms with Crippen molar-refractivity contribution in [2.24, 2.45) is 0 Å². The van der Waals surface area contributed by atoms with E-state index >= 15 is 0 Å². The molecule has 0 bridgehead atoms. The lowest BCUT2D eigenvalue weighted by Crippen LogP contribution is -2.26. The minimum absolute atomic E-state index is 0.000871. The largest absolute Gasteiger partial charge is 0.469 e. The number of carbonyl (C=O) groups excluding carboxylic acids is 2.